The number of carbonyl (C=O) groups excluding carboxylic acids is 3. The molecule has 12 heterocycles. The molecule has 0 aliphatic carbocycles. The van der Waals surface area contributed by atoms with Crippen LogP contribution in [0.3, 0.4) is 0 Å². The van der Waals surface area contributed by atoms with Gasteiger partial charge in [-0.2, -0.15) is 23.4 Å². The van der Waals surface area contributed by atoms with Crippen LogP contribution in [-0.4, -0.2) is 125 Å². The number of hydrogen-bond donors (Lipinski definition) is 5. The third-order valence-electron chi connectivity index (χ3n) is 12.4. The van der Waals surface area contributed by atoms with Gasteiger partial charge in [-0.05, 0) is 242 Å². The van der Waals surface area contributed by atoms with E-state index in [-0.39, 0.29) is 39.2 Å². The molecule has 0 aliphatic rings. The van der Waals surface area contributed by atoms with Gasteiger partial charge in [0.2, 0.25) is 29.4 Å². The minimum Gasteiger partial charge on any atom is -0.329 e. The van der Waals surface area contributed by atoms with E-state index in [1.54, 1.807) is 36.7 Å². The van der Waals surface area contributed by atoms with Crippen LogP contribution in [0.1, 0.15) is 82.3 Å². The van der Waals surface area contributed by atoms with E-state index in [2.05, 4.69) is 150 Å². The molecule has 1 amide bonds. The second kappa shape index (κ2) is 37.5. The fourth-order valence-corrected chi connectivity index (χ4v) is 9.44. The highest BCUT2D eigenvalue weighted by Crippen LogP contribution is 2.26. The molecule has 0 aromatic carbocycles. The lowest BCUT2D eigenvalue weighted by molar-refractivity contribution is -0.0760. The first-order valence-corrected chi connectivity index (χ1v) is 32.4. The number of hydroxylamine groups is 2. The summed E-state index contributed by atoms with van der Waals surface area (Å²) in [6.07, 6.45) is 9.08. The van der Waals surface area contributed by atoms with Crippen molar-refractivity contribution in [3.63, 3.8) is 0 Å². The number of ketones is 2. The number of aryl methyl sites for hydroxylation is 1. The molecule has 12 aromatic rings. The van der Waals surface area contributed by atoms with Crippen LogP contribution < -0.4 is 17.2 Å². The number of pyridine rings is 10. The van der Waals surface area contributed by atoms with E-state index in [9.17, 15) is 27.6 Å². The third kappa shape index (κ3) is 24.5. The fraction of sp³-hybridized carbons (Fsp3) is 0.167. The Labute approximate surface area is 592 Å². The molecule has 30 heteroatoms. The molecule has 0 saturated heterocycles. The first-order valence-electron chi connectivity index (χ1n) is 28.5. The van der Waals surface area contributed by atoms with Crippen molar-refractivity contribution in [2.75, 3.05) is 20.7 Å². The number of aromatic amines is 2. The standard InChI is InChI=1S/C16H19N5.2C11H6BrFN2O.C11H7BrN4.C8H9FN2O2.C5H3Br2N.C4H12N2/c1-16(2,17)9-8-11-5-3-7-13(19-11)14-12-6-4-10-18-15(12)21-20-14;2*12-9-5-1-4-8(15-9)10(16)7-3-2-6-14-11(7)13;12-9-5-1-4-8(14-9)10-7-3-2-6-13-11(7)16-15-10;1-11(13-2)8(12)6-4-3-5-10-7(6)9;6-4-2-1-3-5(7)8-4;1-4(2,6)3-5/h3-7,10H,8-9,17H2,1-2H3,(H,18,20,21);2*1-6H;1-6H,(H,13,15,16);3-5H,1-2H3;1-3H;3,5-6H2,1-2H3. The van der Waals surface area contributed by atoms with E-state index in [1.807, 2.05) is 107 Å². The monoisotopic (exact) mass is 1620 g/mol. The van der Waals surface area contributed by atoms with Crippen molar-refractivity contribution in [3.05, 3.63) is 257 Å². The lowest BCUT2D eigenvalue weighted by atomic mass is 9.98. The molecule has 0 saturated carbocycles. The molecule has 8 N–H and O–H groups in total. The maximum absolute atomic E-state index is 13.3. The van der Waals surface area contributed by atoms with Crippen LogP contribution in [0.5, 0.6) is 0 Å². The number of hydrogen-bond acceptors (Lipinski definition) is 19. The van der Waals surface area contributed by atoms with Gasteiger partial charge in [0.15, 0.2) is 11.3 Å². The average Bonchev–Trinajstić information content (AvgIpc) is 1.64. The smallest absolute Gasteiger partial charge is 0.281 e. The Balaban J connectivity index is 0.000000182. The van der Waals surface area contributed by atoms with Crippen molar-refractivity contribution in [1.82, 2.24) is 75.3 Å². The average molecular weight is 1630 g/mol. The largest absolute Gasteiger partial charge is 0.329 e. The van der Waals surface area contributed by atoms with Gasteiger partial charge in [-0.1, -0.05) is 30.3 Å². The SMILES string of the molecule is Brc1cccc(-c2[nH]nc3ncccc23)n1.Brc1cccc(Br)n1.CC(C)(N)CCc1cccc(-c2[nH]nc3ncccc23)n1.CC(C)(N)CN.CON(C)C(=O)c1cccnc1F.O=C(c1cccc(Br)n1)c1cccnc1F.O=C(c1cccc(Br)n1)c1cccnc1F. The zero-order valence-electron chi connectivity index (χ0n) is 52.1. The summed E-state index contributed by atoms with van der Waals surface area (Å²) in [4.78, 5) is 79.3. The number of fused-ring (bicyclic) bond motifs is 2. The van der Waals surface area contributed by atoms with Crippen molar-refractivity contribution in [1.29, 1.82) is 0 Å². The number of nitrogens with two attached hydrogens (primary N) is 3. The summed E-state index contributed by atoms with van der Waals surface area (Å²) in [6.45, 7) is 8.41. The molecule has 0 radical (unpaired) electrons. The lowest BCUT2D eigenvalue weighted by Gasteiger charge is -2.17. The Morgan fingerprint density at radius 3 is 1.22 bits per heavy atom. The van der Waals surface area contributed by atoms with Gasteiger partial charge < -0.3 is 17.2 Å². The molecular weight excluding hydrogens is 1570 g/mol. The number of halogens is 8. The van der Waals surface area contributed by atoms with Gasteiger partial charge in [-0.25, -0.2) is 49.9 Å². The Morgan fingerprint density at radius 1 is 0.479 bits per heavy atom. The summed E-state index contributed by atoms with van der Waals surface area (Å²) >= 11 is 16.1. The topological polar surface area (TPSA) is 328 Å². The number of nitrogens with one attached hydrogen (secondary N) is 2. The molecule has 0 unspecified atom stereocenters. The summed E-state index contributed by atoms with van der Waals surface area (Å²) in [5.74, 6) is -3.88. The van der Waals surface area contributed by atoms with Gasteiger partial charge in [-0.15, -0.1) is 0 Å². The van der Waals surface area contributed by atoms with Crippen molar-refractivity contribution in [3.8, 4) is 22.8 Å². The van der Waals surface area contributed by atoms with Gasteiger partial charge >= 0.3 is 0 Å². The summed E-state index contributed by atoms with van der Waals surface area (Å²) in [6, 6.07) is 43.6. The van der Waals surface area contributed by atoms with Gasteiger partial charge in [0, 0.05) is 72.1 Å². The normalized spacial score (nSPS) is 10.6. The molecule has 12 aromatic heterocycles. The summed E-state index contributed by atoms with van der Waals surface area (Å²) < 4.78 is 43.0. The van der Waals surface area contributed by atoms with Crippen molar-refractivity contribution in [2.24, 2.45) is 17.2 Å². The van der Waals surface area contributed by atoms with Crippen LogP contribution in [0, 0.1) is 17.8 Å². The Kier molecular flexibility index (Phi) is 29.8. The molecule has 96 heavy (non-hydrogen) atoms. The van der Waals surface area contributed by atoms with Crippen LogP contribution in [0.2, 0.25) is 0 Å². The predicted molar refractivity (Wildman–Crippen MR) is 378 cm³/mol. The van der Waals surface area contributed by atoms with E-state index in [0.29, 0.717) is 27.0 Å². The zero-order chi connectivity index (χ0) is 70.0. The van der Waals surface area contributed by atoms with E-state index < -0.39 is 35.3 Å². The number of H-pyrrole nitrogens is 2. The highest BCUT2D eigenvalue weighted by Gasteiger charge is 2.19. The Hall–Kier alpha value is -8.72. The van der Waals surface area contributed by atoms with Gasteiger partial charge in [0.1, 0.15) is 34.4 Å². The van der Waals surface area contributed by atoms with Crippen LogP contribution in [0.25, 0.3) is 44.8 Å². The number of nitrogens with zero attached hydrogens (tertiary/aromatic N) is 13. The summed E-state index contributed by atoms with van der Waals surface area (Å²) in [5, 5.41) is 17.2. The number of amides is 1. The zero-order valence-corrected chi connectivity index (χ0v) is 60.1. The van der Waals surface area contributed by atoms with Gasteiger partial charge in [0.05, 0.1) is 46.6 Å². The molecular formula is C66H62Br5F3N18O4. The molecule has 0 bridgehead atoms. The predicted octanol–water partition coefficient (Wildman–Crippen LogP) is 13.8. The Bertz CT molecular complexity index is 4410. The second-order valence-electron chi connectivity index (χ2n) is 21.1. The molecule has 0 spiro atoms. The molecule has 496 valence electrons. The van der Waals surface area contributed by atoms with Crippen molar-refractivity contribution >= 4 is 119 Å². The second-order valence-corrected chi connectivity index (χ2v) is 25.2. The van der Waals surface area contributed by atoms with Crippen LogP contribution >= 0.6 is 79.6 Å². The van der Waals surface area contributed by atoms with Crippen LogP contribution in [0.15, 0.2) is 206 Å². The van der Waals surface area contributed by atoms with E-state index in [0.717, 1.165) is 71.0 Å². The number of aromatic nitrogens is 14. The third-order valence-corrected chi connectivity index (χ3v) is 14.6. The first kappa shape index (κ1) is 76.3. The summed E-state index contributed by atoms with van der Waals surface area (Å²) in [5.41, 5.74) is 22.4. The minimum absolute atomic E-state index is 0.0758. The van der Waals surface area contributed by atoms with Crippen molar-refractivity contribution < 1.29 is 32.4 Å². The maximum atomic E-state index is 13.3. The van der Waals surface area contributed by atoms with Crippen LogP contribution in [0.4, 0.5) is 13.2 Å². The fourth-order valence-electron chi connectivity index (χ4n) is 7.48. The van der Waals surface area contributed by atoms with E-state index >= 15 is 0 Å². The molecule has 0 atom stereocenters. The quantitative estimate of drug-likeness (QED) is 0.0431. The molecule has 0 aliphatic heterocycles. The maximum Gasteiger partial charge on any atom is 0.281 e. The van der Waals surface area contributed by atoms with Crippen LogP contribution in [-0.2, 0) is 11.3 Å². The first-order chi connectivity index (χ1) is 45.7. The van der Waals surface area contributed by atoms with E-state index in [4.69, 9.17) is 22.2 Å². The highest BCUT2D eigenvalue weighted by atomic mass is 79.9. The highest BCUT2D eigenvalue weighted by molar-refractivity contribution is 9.11. The van der Waals surface area contributed by atoms with Gasteiger partial charge in [0.25, 0.3) is 5.91 Å². The van der Waals surface area contributed by atoms with E-state index in [1.165, 1.54) is 81.3 Å². The summed E-state index contributed by atoms with van der Waals surface area (Å²) in [7, 11) is 2.72. The Morgan fingerprint density at radius 2 is 0.844 bits per heavy atom. The van der Waals surface area contributed by atoms with Gasteiger partial charge in [-0.3, -0.25) is 34.4 Å². The molecule has 22 nitrogen and oxygen atoms in total. The minimum atomic E-state index is -0.795. The number of carbonyl (C=O) groups is 3. The number of rotatable bonds is 12. The van der Waals surface area contributed by atoms with Crippen molar-refractivity contribution in [2.45, 2.75) is 51.6 Å². The molecule has 0 fully saturated rings. The molecule has 12 rings (SSSR count). The lowest BCUT2D eigenvalue weighted by Crippen LogP contribution is -2.40.